The lowest BCUT2D eigenvalue weighted by molar-refractivity contribution is -0.126. The van der Waals surface area contributed by atoms with Crippen molar-refractivity contribution in [2.45, 2.75) is 45.1 Å². The van der Waals surface area contributed by atoms with Crippen LogP contribution in [0.2, 0.25) is 0 Å². The van der Waals surface area contributed by atoms with Gasteiger partial charge >= 0.3 is 0 Å². The molecule has 0 saturated heterocycles. The van der Waals surface area contributed by atoms with Crippen LogP contribution in [0.15, 0.2) is 0 Å². The predicted octanol–water partition coefficient (Wildman–Crippen LogP) is 0.307. The van der Waals surface area contributed by atoms with Crippen molar-refractivity contribution >= 4 is 24.2 Å². The van der Waals surface area contributed by atoms with Gasteiger partial charge in [-0.2, -0.15) is 0 Å². The lowest BCUT2D eigenvalue weighted by Gasteiger charge is -2.41. The average Bonchev–Trinajstić information content (AvgIpc) is 2.15. The molecule has 1 saturated carbocycles. The molecule has 17 heavy (non-hydrogen) atoms. The fourth-order valence-electron chi connectivity index (χ4n) is 2.05. The van der Waals surface area contributed by atoms with Crippen LogP contribution in [0.3, 0.4) is 0 Å². The first kappa shape index (κ1) is 16.2. The summed E-state index contributed by atoms with van der Waals surface area (Å²) in [6.07, 6.45) is 4.53. The van der Waals surface area contributed by atoms with Crippen molar-refractivity contribution in [2.75, 3.05) is 6.54 Å². The molecule has 0 aromatic heterocycles. The monoisotopic (exact) mass is 263 g/mol. The number of carbonyl (C=O) groups is 2. The fraction of sp³-hybridized carbons (Fsp3) is 0.818. The summed E-state index contributed by atoms with van der Waals surface area (Å²) in [6.45, 7) is 2.80. The summed E-state index contributed by atoms with van der Waals surface area (Å²) in [5, 5.41) is 2.81. The van der Waals surface area contributed by atoms with E-state index in [1.54, 1.807) is 0 Å². The van der Waals surface area contributed by atoms with Crippen LogP contribution in [0.25, 0.3) is 0 Å². The van der Waals surface area contributed by atoms with Gasteiger partial charge in [-0.3, -0.25) is 9.59 Å². The number of nitrogens with two attached hydrogens (primary N) is 2. The van der Waals surface area contributed by atoms with E-state index in [-0.39, 0.29) is 30.2 Å². The van der Waals surface area contributed by atoms with E-state index in [1.807, 2.05) is 0 Å². The van der Waals surface area contributed by atoms with Crippen molar-refractivity contribution in [1.29, 1.82) is 0 Å². The van der Waals surface area contributed by atoms with Gasteiger partial charge in [0, 0.05) is 6.54 Å². The molecule has 2 amide bonds. The third kappa shape index (κ3) is 4.52. The molecule has 0 aliphatic heterocycles. The number of primary amides is 1. The van der Waals surface area contributed by atoms with Gasteiger partial charge in [0.25, 0.3) is 0 Å². The van der Waals surface area contributed by atoms with E-state index in [1.165, 1.54) is 6.42 Å². The highest BCUT2D eigenvalue weighted by atomic mass is 35.5. The zero-order chi connectivity index (χ0) is 12.2. The molecule has 0 spiro atoms. The molecule has 5 nitrogen and oxygen atoms in total. The number of nitrogens with one attached hydrogen (secondary N) is 1. The zero-order valence-electron chi connectivity index (χ0n) is 10.2. The highest BCUT2D eigenvalue weighted by Gasteiger charge is 2.35. The maximum atomic E-state index is 11.5. The van der Waals surface area contributed by atoms with E-state index < -0.39 is 11.9 Å². The van der Waals surface area contributed by atoms with Gasteiger partial charge in [0.05, 0.1) is 12.5 Å². The number of carbonyl (C=O) groups excluding carboxylic acids is 2. The summed E-state index contributed by atoms with van der Waals surface area (Å²) in [4.78, 5) is 22.1. The molecule has 100 valence electrons. The Morgan fingerprint density at radius 2 is 2.00 bits per heavy atom. The smallest absolute Gasteiger partial charge is 0.237 e. The van der Waals surface area contributed by atoms with Crippen molar-refractivity contribution < 1.29 is 9.59 Å². The van der Waals surface area contributed by atoms with Gasteiger partial charge in [-0.1, -0.05) is 13.3 Å². The minimum Gasteiger partial charge on any atom is -0.370 e. The van der Waals surface area contributed by atoms with Gasteiger partial charge in [-0.15, -0.1) is 12.4 Å². The van der Waals surface area contributed by atoms with Gasteiger partial charge in [-0.25, -0.2) is 0 Å². The molecule has 0 heterocycles. The maximum Gasteiger partial charge on any atom is 0.237 e. The SMILES string of the molecule is CCC1(CNC(=O)C(N)CC(N)=O)CCC1.Cl. The van der Waals surface area contributed by atoms with Crippen LogP contribution in [0.4, 0.5) is 0 Å². The molecule has 6 heteroatoms. The molecule has 0 aromatic carbocycles. The Labute approximate surface area is 108 Å². The first-order chi connectivity index (χ1) is 7.49. The summed E-state index contributed by atoms with van der Waals surface area (Å²) in [5.41, 5.74) is 10.8. The van der Waals surface area contributed by atoms with Crippen LogP contribution < -0.4 is 16.8 Å². The van der Waals surface area contributed by atoms with Crippen LogP contribution in [0.1, 0.15) is 39.0 Å². The fourth-order valence-corrected chi connectivity index (χ4v) is 2.05. The van der Waals surface area contributed by atoms with Gasteiger partial charge in [-0.05, 0) is 24.7 Å². The highest BCUT2D eigenvalue weighted by molar-refractivity contribution is 5.87. The molecule has 1 rings (SSSR count). The molecule has 0 bridgehead atoms. The van der Waals surface area contributed by atoms with Crippen LogP contribution in [-0.2, 0) is 9.59 Å². The highest BCUT2D eigenvalue weighted by Crippen LogP contribution is 2.42. The first-order valence-corrected chi connectivity index (χ1v) is 5.81. The number of hydrogen-bond donors (Lipinski definition) is 3. The minimum atomic E-state index is -0.813. The van der Waals surface area contributed by atoms with Crippen molar-refractivity contribution in [2.24, 2.45) is 16.9 Å². The van der Waals surface area contributed by atoms with Gasteiger partial charge < -0.3 is 16.8 Å². The van der Waals surface area contributed by atoms with E-state index in [0.717, 1.165) is 19.3 Å². The number of rotatable bonds is 6. The third-order valence-corrected chi connectivity index (χ3v) is 3.56. The lowest BCUT2D eigenvalue weighted by Crippen LogP contribution is -2.48. The van der Waals surface area contributed by atoms with Crippen LogP contribution in [0, 0.1) is 5.41 Å². The summed E-state index contributed by atoms with van der Waals surface area (Å²) < 4.78 is 0. The van der Waals surface area contributed by atoms with E-state index >= 15 is 0 Å². The predicted molar refractivity (Wildman–Crippen MR) is 68.6 cm³/mol. The van der Waals surface area contributed by atoms with E-state index in [2.05, 4.69) is 12.2 Å². The molecule has 0 aromatic rings. The largest absolute Gasteiger partial charge is 0.370 e. The summed E-state index contributed by atoms with van der Waals surface area (Å²) >= 11 is 0. The lowest BCUT2D eigenvalue weighted by atomic mass is 9.67. The van der Waals surface area contributed by atoms with Crippen molar-refractivity contribution in [3.63, 3.8) is 0 Å². The summed E-state index contributed by atoms with van der Waals surface area (Å²) in [6, 6.07) is -0.813. The van der Waals surface area contributed by atoms with Crippen LogP contribution >= 0.6 is 12.4 Å². The number of hydrogen-bond acceptors (Lipinski definition) is 3. The summed E-state index contributed by atoms with van der Waals surface area (Å²) in [5.74, 6) is -0.824. The molecule has 1 aliphatic rings. The van der Waals surface area contributed by atoms with Crippen LogP contribution in [0.5, 0.6) is 0 Å². The second kappa shape index (κ2) is 6.81. The number of halogens is 1. The van der Waals surface area contributed by atoms with Crippen molar-refractivity contribution in [3.8, 4) is 0 Å². The quantitative estimate of drug-likeness (QED) is 0.643. The minimum absolute atomic E-state index is 0. The second-order valence-electron chi connectivity index (χ2n) is 4.70. The zero-order valence-corrected chi connectivity index (χ0v) is 11.0. The van der Waals surface area contributed by atoms with E-state index in [9.17, 15) is 9.59 Å². The molecular weight excluding hydrogens is 242 g/mol. The Kier molecular flexibility index (Phi) is 6.49. The normalized spacial score (nSPS) is 18.5. The van der Waals surface area contributed by atoms with Crippen LogP contribution in [-0.4, -0.2) is 24.4 Å². The Hall–Kier alpha value is -0.810. The molecule has 1 fully saturated rings. The van der Waals surface area contributed by atoms with Crippen molar-refractivity contribution in [1.82, 2.24) is 5.32 Å². The Morgan fingerprint density at radius 3 is 2.35 bits per heavy atom. The van der Waals surface area contributed by atoms with E-state index in [4.69, 9.17) is 11.5 Å². The second-order valence-corrected chi connectivity index (χ2v) is 4.70. The van der Waals surface area contributed by atoms with E-state index in [0.29, 0.717) is 6.54 Å². The standard InChI is InChI=1S/C11H21N3O2.ClH/c1-2-11(4-3-5-11)7-14-10(16)8(12)6-9(13)15;/h8H,2-7,12H2,1H3,(H2,13,15)(H,14,16);1H. The van der Waals surface area contributed by atoms with Gasteiger partial charge in [0.2, 0.25) is 11.8 Å². The molecule has 1 unspecified atom stereocenters. The Morgan fingerprint density at radius 1 is 1.41 bits per heavy atom. The molecule has 0 radical (unpaired) electrons. The third-order valence-electron chi connectivity index (χ3n) is 3.56. The topological polar surface area (TPSA) is 98.2 Å². The summed E-state index contributed by atoms with van der Waals surface area (Å²) in [7, 11) is 0. The average molecular weight is 264 g/mol. The molecule has 5 N–H and O–H groups in total. The maximum absolute atomic E-state index is 11.5. The molecule has 1 aliphatic carbocycles. The molecular formula is C11H22ClN3O2. The van der Waals surface area contributed by atoms with Gasteiger partial charge in [0.1, 0.15) is 0 Å². The first-order valence-electron chi connectivity index (χ1n) is 5.81. The van der Waals surface area contributed by atoms with Gasteiger partial charge in [0.15, 0.2) is 0 Å². The van der Waals surface area contributed by atoms with Crippen molar-refractivity contribution in [3.05, 3.63) is 0 Å². The Bertz CT molecular complexity index is 274. The Balaban J connectivity index is 0.00000256. The number of amides is 2. The molecule has 1 atom stereocenters.